The minimum atomic E-state index is -0.423. The third-order valence-electron chi connectivity index (χ3n) is 10.1. The summed E-state index contributed by atoms with van der Waals surface area (Å²) in [6.45, 7) is 2.94. The standard InChI is InChI=1S/C36H35Cl2N7O3/c37-28-12-6-11-25(31(28)38)32-33-34(45(43-32)30-13-4-5-17-47-30)42-29(19-40-33)44-16-14-26-27(20-44)36(26,24-10-7-15-39-18-24)22-41-35(46)48-21-23-8-2-1-3-9-23/h1-3,6-12,15,18-19,26-27,30H,4-5,13-14,16-17,20-22H2,(H,41,46). The highest BCUT2D eigenvalue weighted by Gasteiger charge is 2.66. The van der Waals surface area contributed by atoms with Gasteiger partial charge in [0.15, 0.2) is 11.9 Å². The molecule has 2 saturated heterocycles. The first-order valence-electron chi connectivity index (χ1n) is 16.4. The van der Waals surface area contributed by atoms with Crippen LogP contribution in [0.3, 0.4) is 0 Å². The van der Waals surface area contributed by atoms with Gasteiger partial charge < -0.3 is 19.7 Å². The fourth-order valence-electron chi connectivity index (χ4n) is 7.65. The van der Waals surface area contributed by atoms with Crippen LogP contribution < -0.4 is 10.2 Å². The number of hydrogen-bond donors (Lipinski definition) is 1. The Morgan fingerprint density at radius 3 is 2.73 bits per heavy atom. The average molecular weight is 685 g/mol. The Morgan fingerprint density at radius 2 is 1.92 bits per heavy atom. The second-order valence-corrected chi connectivity index (χ2v) is 13.5. The van der Waals surface area contributed by atoms with E-state index in [0.717, 1.165) is 55.7 Å². The molecule has 1 amide bonds. The molecule has 10 nitrogen and oxygen atoms in total. The number of pyridine rings is 1. The van der Waals surface area contributed by atoms with E-state index in [4.69, 9.17) is 47.7 Å². The van der Waals surface area contributed by atoms with E-state index in [1.165, 1.54) is 0 Å². The van der Waals surface area contributed by atoms with Gasteiger partial charge in [-0.1, -0.05) is 71.7 Å². The van der Waals surface area contributed by atoms with Crippen molar-refractivity contribution < 1.29 is 14.3 Å². The van der Waals surface area contributed by atoms with E-state index in [1.54, 1.807) is 12.3 Å². The lowest BCUT2D eigenvalue weighted by Gasteiger charge is -2.27. The van der Waals surface area contributed by atoms with Crippen LogP contribution in [0.15, 0.2) is 79.3 Å². The Balaban J connectivity index is 1.06. The maximum atomic E-state index is 12.8. The van der Waals surface area contributed by atoms with E-state index in [2.05, 4.69) is 21.3 Å². The van der Waals surface area contributed by atoms with Crippen LogP contribution in [-0.4, -0.2) is 57.1 Å². The molecule has 5 aromatic rings. The largest absolute Gasteiger partial charge is 0.445 e. The van der Waals surface area contributed by atoms with E-state index >= 15 is 0 Å². The fourth-order valence-corrected chi connectivity index (χ4v) is 8.04. The predicted octanol–water partition coefficient (Wildman–Crippen LogP) is 7.21. The zero-order valence-electron chi connectivity index (χ0n) is 26.3. The number of halogens is 2. The molecule has 0 spiro atoms. The summed E-state index contributed by atoms with van der Waals surface area (Å²) >= 11 is 13.1. The van der Waals surface area contributed by atoms with Gasteiger partial charge in [0.25, 0.3) is 0 Å². The number of ether oxygens (including phenoxy) is 2. The summed E-state index contributed by atoms with van der Waals surface area (Å²) in [6.07, 6.45) is 8.72. The molecule has 1 N–H and O–H groups in total. The zero-order valence-corrected chi connectivity index (χ0v) is 27.8. The molecule has 3 fully saturated rings. The molecule has 2 aromatic carbocycles. The Bertz CT molecular complexity index is 1940. The summed E-state index contributed by atoms with van der Waals surface area (Å²) < 4.78 is 13.6. The van der Waals surface area contributed by atoms with Gasteiger partial charge in [0.1, 0.15) is 23.6 Å². The van der Waals surface area contributed by atoms with Gasteiger partial charge in [-0.25, -0.2) is 19.4 Å². The molecule has 3 aliphatic rings. The molecular formula is C36H35Cl2N7O3. The van der Waals surface area contributed by atoms with Crippen LogP contribution in [0.5, 0.6) is 0 Å². The second kappa shape index (κ2) is 13.0. The molecule has 4 atom stereocenters. The lowest BCUT2D eigenvalue weighted by atomic mass is 9.92. The summed E-state index contributed by atoms with van der Waals surface area (Å²) in [5, 5.41) is 8.95. The van der Waals surface area contributed by atoms with Gasteiger partial charge in [0.05, 0.1) is 16.2 Å². The van der Waals surface area contributed by atoms with Gasteiger partial charge in [0.2, 0.25) is 0 Å². The summed E-state index contributed by atoms with van der Waals surface area (Å²) in [5.74, 6) is 1.46. The van der Waals surface area contributed by atoms with E-state index in [-0.39, 0.29) is 24.2 Å². The summed E-state index contributed by atoms with van der Waals surface area (Å²) in [7, 11) is 0. The smallest absolute Gasteiger partial charge is 0.407 e. The zero-order chi connectivity index (χ0) is 32.7. The lowest BCUT2D eigenvalue weighted by Crippen LogP contribution is -2.35. The van der Waals surface area contributed by atoms with Gasteiger partial charge in [-0.15, -0.1) is 0 Å². The minimum absolute atomic E-state index is 0.224. The van der Waals surface area contributed by atoms with Crippen molar-refractivity contribution in [3.05, 3.63) is 100 Å². The van der Waals surface area contributed by atoms with Gasteiger partial charge in [-0.05, 0) is 60.8 Å². The average Bonchev–Trinajstić information content (AvgIpc) is 3.64. The van der Waals surface area contributed by atoms with Gasteiger partial charge in [-0.3, -0.25) is 4.98 Å². The number of amides is 1. The quantitative estimate of drug-likeness (QED) is 0.183. The molecule has 246 valence electrons. The topological polar surface area (TPSA) is 107 Å². The van der Waals surface area contributed by atoms with Crippen molar-refractivity contribution in [3.8, 4) is 11.3 Å². The Morgan fingerprint density at radius 1 is 1.02 bits per heavy atom. The van der Waals surface area contributed by atoms with Gasteiger partial charge >= 0.3 is 6.09 Å². The van der Waals surface area contributed by atoms with Crippen molar-refractivity contribution in [3.63, 3.8) is 0 Å². The van der Waals surface area contributed by atoms with Crippen molar-refractivity contribution in [2.75, 3.05) is 31.1 Å². The molecular weight excluding hydrogens is 649 g/mol. The number of nitrogens with one attached hydrogen (secondary N) is 1. The first kappa shape index (κ1) is 31.0. The molecule has 0 bridgehead atoms. The van der Waals surface area contributed by atoms with Crippen molar-refractivity contribution in [2.24, 2.45) is 11.8 Å². The SMILES string of the molecule is O=C(NCC1(c2cccnc2)C2CCN(c3cnc4c(-c5cccc(Cl)c5Cl)nn(C5CCCCO5)c4n3)CC21)OCc1ccccc1. The molecule has 3 aromatic heterocycles. The monoisotopic (exact) mass is 683 g/mol. The first-order valence-corrected chi connectivity index (χ1v) is 17.2. The molecule has 0 radical (unpaired) electrons. The molecule has 8 rings (SSSR count). The van der Waals surface area contributed by atoms with E-state index in [0.29, 0.717) is 51.5 Å². The van der Waals surface area contributed by atoms with E-state index < -0.39 is 6.09 Å². The number of benzene rings is 2. The van der Waals surface area contributed by atoms with Crippen molar-refractivity contribution >= 4 is 46.3 Å². The minimum Gasteiger partial charge on any atom is -0.445 e. The van der Waals surface area contributed by atoms with E-state index in [1.807, 2.05) is 65.6 Å². The Hall–Kier alpha value is -4.25. The maximum absolute atomic E-state index is 12.8. The Kier molecular flexibility index (Phi) is 8.40. The number of nitrogens with zero attached hydrogens (tertiary/aromatic N) is 6. The number of carbonyl (C=O) groups excluding carboxylic acids is 1. The number of hydrogen-bond acceptors (Lipinski definition) is 8. The Labute approximate surface area is 288 Å². The third-order valence-corrected chi connectivity index (χ3v) is 10.9. The van der Waals surface area contributed by atoms with E-state index in [9.17, 15) is 4.79 Å². The first-order chi connectivity index (χ1) is 23.5. The maximum Gasteiger partial charge on any atom is 0.407 e. The number of anilines is 1. The lowest BCUT2D eigenvalue weighted by molar-refractivity contribution is -0.0368. The fraction of sp³-hybridized carbons (Fsp3) is 0.361. The van der Waals surface area contributed by atoms with Crippen LogP contribution in [0.1, 0.15) is 43.0 Å². The highest BCUT2D eigenvalue weighted by atomic mass is 35.5. The molecule has 2 aliphatic heterocycles. The van der Waals surface area contributed by atoms with Crippen LogP contribution in [-0.2, 0) is 21.5 Å². The normalized spacial score (nSPS) is 23.5. The van der Waals surface area contributed by atoms with Crippen molar-refractivity contribution in [1.29, 1.82) is 0 Å². The van der Waals surface area contributed by atoms with Crippen molar-refractivity contribution in [1.82, 2.24) is 30.0 Å². The van der Waals surface area contributed by atoms with Crippen molar-refractivity contribution in [2.45, 2.75) is 43.9 Å². The number of alkyl carbamates (subject to hydrolysis) is 1. The molecule has 5 heterocycles. The highest BCUT2D eigenvalue weighted by Crippen LogP contribution is 2.63. The van der Waals surface area contributed by atoms with Gasteiger partial charge in [-0.2, -0.15) is 5.10 Å². The summed E-state index contributed by atoms with van der Waals surface area (Å²) in [6, 6.07) is 19.3. The number of fused-ring (bicyclic) bond motifs is 2. The number of piperidine rings is 1. The molecule has 1 saturated carbocycles. The second-order valence-electron chi connectivity index (χ2n) is 12.8. The van der Waals surface area contributed by atoms with Crippen LogP contribution in [0, 0.1) is 11.8 Å². The molecule has 1 aliphatic carbocycles. The van der Waals surface area contributed by atoms with Crippen LogP contribution in [0.25, 0.3) is 22.4 Å². The predicted molar refractivity (Wildman–Crippen MR) is 184 cm³/mol. The molecule has 48 heavy (non-hydrogen) atoms. The summed E-state index contributed by atoms with van der Waals surface area (Å²) in [4.78, 5) is 29.7. The number of rotatable bonds is 8. The van der Waals surface area contributed by atoms with Crippen LogP contribution in [0.4, 0.5) is 10.6 Å². The van der Waals surface area contributed by atoms with Crippen LogP contribution >= 0.6 is 23.2 Å². The number of carbonyl (C=O) groups is 1. The highest BCUT2D eigenvalue weighted by molar-refractivity contribution is 6.43. The number of aromatic nitrogens is 5. The van der Waals surface area contributed by atoms with Crippen LogP contribution in [0.2, 0.25) is 10.0 Å². The van der Waals surface area contributed by atoms with Gasteiger partial charge in [0, 0.05) is 49.6 Å². The summed E-state index contributed by atoms with van der Waals surface area (Å²) in [5.41, 5.74) is 4.48. The molecule has 12 heteroatoms. The third kappa shape index (κ3) is 5.65. The molecule has 4 unspecified atom stereocenters.